The summed E-state index contributed by atoms with van der Waals surface area (Å²) in [5, 5.41) is 3.34. The number of anilines is 5. The number of carbonyl (C=O) groups excluding carboxylic acids is 1. The Morgan fingerprint density at radius 3 is 2.34 bits per heavy atom. The number of rotatable bonds is 7. The van der Waals surface area contributed by atoms with E-state index in [0.717, 1.165) is 59.7 Å². The van der Waals surface area contributed by atoms with Crippen LogP contribution in [0.2, 0.25) is 0 Å². The van der Waals surface area contributed by atoms with E-state index in [2.05, 4.69) is 34.4 Å². The van der Waals surface area contributed by atoms with Gasteiger partial charge < -0.3 is 19.7 Å². The van der Waals surface area contributed by atoms with Gasteiger partial charge in [-0.1, -0.05) is 24.3 Å². The molecule has 6 rings (SSSR count). The zero-order valence-electron chi connectivity index (χ0n) is 26.2. The Balaban J connectivity index is 1.39. The van der Waals surface area contributed by atoms with Crippen molar-refractivity contribution in [3.8, 4) is 11.5 Å². The van der Waals surface area contributed by atoms with Gasteiger partial charge in [0.2, 0.25) is 5.95 Å². The summed E-state index contributed by atoms with van der Waals surface area (Å²) >= 11 is 0. The molecule has 1 unspecified atom stereocenters. The van der Waals surface area contributed by atoms with E-state index in [1.807, 2.05) is 45.0 Å². The van der Waals surface area contributed by atoms with Crippen molar-refractivity contribution in [3.05, 3.63) is 83.2 Å². The van der Waals surface area contributed by atoms with Crippen molar-refractivity contribution >= 4 is 35.0 Å². The Morgan fingerprint density at radius 1 is 0.932 bits per heavy atom. The smallest absolute Gasteiger partial charge is 0.336 e. The van der Waals surface area contributed by atoms with E-state index in [9.17, 15) is 4.79 Å². The number of hydrogen-bond acceptors (Lipinski definition) is 8. The Labute approximate surface area is 258 Å². The molecule has 4 aromatic rings. The second-order valence-corrected chi connectivity index (χ2v) is 11.6. The van der Waals surface area contributed by atoms with Gasteiger partial charge in [-0.3, -0.25) is 4.90 Å². The van der Waals surface area contributed by atoms with Crippen LogP contribution in [-0.4, -0.2) is 60.2 Å². The quantitative estimate of drug-likeness (QED) is 0.247. The van der Waals surface area contributed by atoms with Gasteiger partial charge in [0.25, 0.3) is 0 Å². The number of aryl methyl sites for hydroxylation is 2. The minimum atomic E-state index is -0.316. The van der Waals surface area contributed by atoms with Crippen molar-refractivity contribution in [1.82, 2.24) is 19.9 Å². The molecule has 0 radical (unpaired) electrons. The van der Waals surface area contributed by atoms with Gasteiger partial charge in [0.1, 0.15) is 17.3 Å². The normalized spacial score (nSPS) is 17.4. The second-order valence-electron chi connectivity index (χ2n) is 11.6. The third-order valence-electron chi connectivity index (χ3n) is 8.77. The molecule has 2 aromatic heterocycles. The number of hydrogen-bond donors (Lipinski definition) is 1. The molecule has 0 spiro atoms. The molecule has 4 heterocycles. The van der Waals surface area contributed by atoms with Crippen LogP contribution in [0.25, 0.3) is 0 Å². The minimum Gasteiger partial charge on any atom is -0.495 e. The number of para-hydroxylation sites is 1. The van der Waals surface area contributed by atoms with Gasteiger partial charge in [-0.2, -0.15) is 4.98 Å². The number of nitrogens with zero attached hydrogens (tertiary/aromatic N) is 6. The molecule has 2 aliphatic heterocycles. The molecule has 2 amide bonds. The molecule has 1 N–H and O–H groups in total. The number of methoxy groups -OCH3 is 2. The van der Waals surface area contributed by atoms with Crippen LogP contribution in [0.15, 0.2) is 60.9 Å². The van der Waals surface area contributed by atoms with Crippen molar-refractivity contribution in [3.63, 3.8) is 0 Å². The topological polar surface area (TPSA) is 96.0 Å². The van der Waals surface area contributed by atoms with Crippen LogP contribution in [-0.2, 0) is 0 Å². The van der Waals surface area contributed by atoms with E-state index in [1.54, 1.807) is 48.5 Å². The van der Waals surface area contributed by atoms with Crippen LogP contribution >= 0.6 is 0 Å². The zero-order valence-corrected chi connectivity index (χ0v) is 26.2. The average molecular weight is 594 g/mol. The fraction of sp³-hybridized carbons (Fsp3) is 0.353. The first-order chi connectivity index (χ1) is 21.3. The number of fused-ring (bicyclic) bond motifs is 1. The highest BCUT2D eigenvalue weighted by atomic mass is 16.5. The first-order valence-corrected chi connectivity index (χ1v) is 15.0. The molecule has 0 bridgehead atoms. The SMILES string of the molecule is COc1ccc(N2C(=O)N(c3c(C)cccc3C)C(C)c3cnc(Nc4ccc(C5CCN(C)CC5)cc4OC)nc32)nc1. The van der Waals surface area contributed by atoms with Gasteiger partial charge in [0, 0.05) is 11.8 Å². The maximum Gasteiger partial charge on any atom is 0.336 e. The largest absolute Gasteiger partial charge is 0.495 e. The minimum absolute atomic E-state index is 0.246. The van der Waals surface area contributed by atoms with E-state index < -0.39 is 0 Å². The molecule has 1 atom stereocenters. The van der Waals surface area contributed by atoms with E-state index in [1.165, 1.54) is 5.56 Å². The summed E-state index contributed by atoms with van der Waals surface area (Å²) in [6, 6.07) is 15.3. The number of piperidine rings is 1. The average Bonchev–Trinajstić information content (AvgIpc) is 3.03. The number of amides is 2. The number of aromatic nitrogens is 3. The van der Waals surface area contributed by atoms with Crippen LogP contribution in [0, 0.1) is 13.8 Å². The summed E-state index contributed by atoms with van der Waals surface area (Å²) in [6.45, 7) is 8.22. The van der Waals surface area contributed by atoms with Gasteiger partial charge in [0.05, 0.1) is 37.8 Å². The third kappa shape index (κ3) is 5.41. The number of ether oxygens (including phenoxy) is 2. The molecular weight excluding hydrogens is 554 g/mol. The fourth-order valence-corrected chi connectivity index (χ4v) is 6.25. The first kappa shape index (κ1) is 29.4. The zero-order chi connectivity index (χ0) is 31.0. The lowest BCUT2D eigenvalue weighted by Crippen LogP contribution is -2.48. The summed E-state index contributed by atoms with van der Waals surface area (Å²) in [5.74, 6) is 3.09. The maximum absolute atomic E-state index is 14.4. The molecule has 44 heavy (non-hydrogen) atoms. The Morgan fingerprint density at radius 2 is 1.68 bits per heavy atom. The van der Waals surface area contributed by atoms with Crippen LogP contribution in [0.1, 0.15) is 54.0 Å². The lowest BCUT2D eigenvalue weighted by Gasteiger charge is -2.41. The number of carbonyl (C=O) groups is 1. The Bertz CT molecular complexity index is 1650. The molecule has 2 aromatic carbocycles. The number of nitrogens with one attached hydrogen (secondary N) is 1. The summed E-state index contributed by atoms with van der Waals surface area (Å²) in [6.07, 6.45) is 5.64. The highest BCUT2D eigenvalue weighted by Gasteiger charge is 2.40. The summed E-state index contributed by atoms with van der Waals surface area (Å²) in [4.78, 5) is 34.3. The van der Waals surface area contributed by atoms with Gasteiger partial charge in [-0.05, 0) is 101 Å². The van der Waals surface area contributed by atoms with Crippen molar-refractivity contribution < 1.29 is 14.3 Å². The number of benzene rings is 2. The van der Waals surface area contributed by atoms with Gasteiger partial charge in [0.15, 0.2) is 5.82 Å². The van der Waals surface area contributed by atoms with Crippen LogP contribution in [0.5, 0.6) is 11.5 Å². The van der Waals surface area contributed by atoms with Crippen molar-refractivity contribution in [1.29, 1.82) is 0 Å². The first-order valence-electron chi connectivity index (χ1n) is 15.0. The molecule has 10 nitrogen and oxygen atoms in total. The van der Waals surface area contributed by atoms with Gasteiger partial charge in [-0.15, -0.1) is 0 Å². The van der Waals surface area contributed by atoms with Gasteiger partial charge >= 0.3 is 6.03 Å². The maximum atomic E-state index is 14.4. The monoisotopic (exact) mass is 593 g/mol. The van der Waals surface area contributed by atoms with E-state index in [-0.39, 0.29) is 12.1 Å². The highest BCUT2D eigenvalue weighted by Crippen LogP contribution is 2.44. The van der Waals surface area contributed by atoms with Crippen LogP contribution in [0.3, 0.4) is 0 Å². The van der Waals surface area contributed by atoms with Crippen molar-refractivity contribution in [2.45, 2.75) is 45.6 Å². The lowest BCUT2D eigenvalue weighted by atomic mass is 9.89. The van der Waals surface area contributed by atoms with Crippen LogP contribution < -0.4 is 24.6 Å². The third-order valence-corrected chi connectivity index (χ3v) is 8.77. The highest BCUT2D eigenvalue weighted by molar-refractivity contribution is 6.11. The summed E-state index contributed by atoms with van der Waals surface area (Å²) < 4.78 is 11.1. The predicted molar refractivity (Wildman–Crippen MR) is 173 cm³/mol. The van der Waals surface area contributed by atoms with Crippen LogP contribution in [0.4, 0.5) is 33.8 Å². The summed E-state index contributed by atoms with van der Waals surface area (Å²) in [5.41, 5.74) is 5.71. The van der Waals surface area contributed by atoms with E-state index >= 15 is 0 Å². The fourth-order valence-electron chi connectivity index (χ4n) is 6.25. The Kier molecular flexibility index (Phi) is 8.09. The molecular formula is C34H39N7O3. The molecule has 228 valence electrons. The van der Waals surface area contributed by atoms with E-state index in [0.29, 0.717) is 29.3 Å². The predicted octanol–water partition coefficient (Wildman–Crippen LogP) is 6.90. The van der Waals surface area contributed by atoms with Crippen molar-refractivity contribution in [2.75, 3.05) is 49.5 Å². The lowest BCUT2D eigenvalue weighted by molar-refractivity contribution is 0.250. The number of pyridine rings is 1. The second kappa shape index (κ2) is 12.1. The molecule has 0 saturated carbocycles. The molecule has 10 heteroatoms. The molecule has 1 fully saturated rings. The number of urea groups is 1. The van der Waals surface area contributed by atoms with E-state index in [4.69, 9.17) is 19.4 Å². The molecule has 2 aliphatic rings. The Hall–Kier alpha value is -4.70. The van der Waals surface area contributed by atoms with Crippen molar-refractivity contribution in [2.24, 2.45) is 0 Å². The molecule has 0 aliphatic carbocycles. The van der Waals surface area contributed by atoms with Gasteiger partial charge in [-0.25, -0.2) is 19.7 Å². The molecule has 1 saturated heterocycles. The standard InChI is InChI=1S/C34H39N7O3/c1-21-8-7-9-22(2)31(21)40-23(3)27-20-36-33(38-32(27)41(34(40)42)30-13-11-26(43-5)19-35-30)37-28-12-10-25(18-29(28)44-6)24-14-16-39(4)17-15-24/h7-13,18-20,23-24H,14-17H2,1-6H3,(H,36,37,38). The summed E-state index contributed by atoms with van der Waals surface area (Å²) in [7, 11) is 5.43. The number of likely N-dealkylation sites (tertiary alicyclic amines) is 1.